The molecule has 6 nitrogen and oxygen atoms in total. The van der Waals surface area contributed by atoms with E-state index in [1.54, 1.807) is 18.2 Å². The number of methoxy groups -OCH3 is 1. The number of benzene rings is 1. The Labute approximate surface area is 133 Å². The highest BCUT2D eigenvalue weighted by atomic mass is 16.5. The first-order chi connectivity index (χ1) is 11.2. The monoisotopic (exact) mass is 314 g/mol. The van der Waals surface area contributed by atoms with Gasteiger partial charge in [0.05, 0.1) is 7.11 Å². The predicted octanol–water partition coefficient (Wildman–Crippen LogP) is 1.84. The first-order valence-corrected chi connectivity index (χ1v) is 7.82. The average molecular weight is 314 g/mol. The van der Waals surface area contributed by atoms with Gasteiger partial charge in [-0.1, -0.05) is 0 Å². The van der Waals surface area contributed by atoms with Crippen LogP contribution in [0.25, 0.3) is 11.0 Å². The van der Waals surface area contributed by atoms with Crippen molar-refractivity contribution in [2.75, 3.05) is 7.11 Å². The summed E-state index contributed by atoms with van der Waals surface area (Å²) < 4.78 is 10.1. The van der Waals surface area contributed by atoms with Gasteiger partial charge >= 0.3 is 5.97 Å². The lowest BCUT2D eigenvalue weighted by Crippen LogP contribution is -2.42. The molecule has 2 N–H and O–H groups in total. The van der Waals surface area contributed by atoms with Crippen molar-refractivity contribution in [1.29, 1.82) is 0 Å². The van der Waals surface area contributed by atoms with E-state index >= 15 is 0 Å². The van der Waals surface area contributed by atoms with E-state index in [4.69, 9.17) is 9.15 Å². The van der Waals surface area contributed by atoms with Crippen molar-refractivity contribution in [1.82, 2.24) is 10.6 Å². The molecule has 2 bridgehead atoms. The second-order valence-corrected chi connectivity index (χ2v) is 6.21. The standard InChI is InChI=1S/C17H18N2O4/c1-22-17(21)12-8-23-15-5-2-9(6-11(12)15)16(20)19-14-7-10-3-4-13(14)18-10/h2,5-6,8,10,13-14,18H,3-4,7H2,1H3,(H,19,20)/t10-,13+,14-/m1/s1. The Morgan fingerprint density at radius 2 is 2.22 bits per heavy atom. The maximum atomic E-state index is 12.5. The van der Waals surface area contributed by atoms with E-state index < -0.39 is 5.97 Å². The molecule has 3 atom stereocenters. The van der Waals surface area contributed by atoms with Crippen molar-refractivity contribution >= 4 is 22.8 Å². The summed E-state index contributed by atoms with van der Waals surface area (Å²) in [7, 11) is 1.32. The Hall–Kier alpha value is -2.34. The van der Waals surface area contributed by atoms with Gasteiger partial charge in [-0.25, -0.2) is 4.79 Å². The van der Waals surface area contributed by atoms with E-state index in [-0.39, 0.29) is 11.9 Å². The minimum Gasteiger partial charge on any atom is -0.465 e. The summed E-state index contributed by atoms with van der Waals surface area (Å²) in [6.45, 7) is 0. The van der Waals surface area contributed by atoms with Crippen LogP contribution < -0.4 is 10.6 Å². The largest absolute Gasteiger partial charge is 0.465 e. The third-order valence-corrected chi connectivity index (χ3v) is 4.86. The SMILES string of the molecule is COC(=O)c1coc2ccc(C(=O)N[C@@H]3C[C@H]4CC[C@@H]3N4)cc12. The van der Waals surface area contributed by atoms with Crippen molar-refractivity contribution in [2.24, 2.45) is 0 Å². The molecule has 6 heteroatoms. The molecule has 120 valence electrons. The van der Waals surface area contributed by atoms with Crippen LogP contribution >= 0.6 is 0 Å². The zero-order valence-corrected chi connectivity index (χ0v) is 12.8. The van der Waals surface area contributed by atoms with Gasteiger partial charge in [0, 0.05) is 29.1 Å². The summed E-state index contributed by atoms with van der Waals surface area (Å²) in [6, 6.07) is 6.20. The van der Waals surface area contributed by atoms with E-state index in [0.29, 0.717) is 34.2 Å². The number of esters is 1. The topological polar surface area (TPSA) is 80.6 Å². The lowest BCUT2D eigenvalue weighted by atomic mass is 9.95. The zero-order valence-electron chi connectivity index (χ0n) is 12.8. The van der Waals surface area contributed by atoms with Gasteiger partial charge in [-0.2, -0.15) is 0 Å². The van der Waals surface area contributed by atoms with E-state index in [0.717, 1.165) is 12.8 Å². The zero-order chi connectivity index (χ0) is 16.0. The van der Waals surface area contributed by atoms with Crippen molar-refractivity contribution in [2.45, 2.75) is 37.4 Å². The Bertz CT molecular complexity index is 782. The number of nitrogens with one attached hydrogen (secondary N) is 2. The second kappa shape index (κ2) is 5.38. The van der Waals surface area contributed by atoms with Gasteiger partial charge in [0.25, 0.3) is 5.91 Å². The van der Waals surface area contributed by atoms with E-state index in [1.165, 1.54) is 19.8 Å². The van der Waals surface area contributed by atoms with Crippen LogP contribution in [0, 0.1) is 0 Å². The molecule has 0 unspecified atom stereocenters. The lowest BCUT2D eigenvalue weighted by Gasteiger charge is -2.21. The van der Waals surface area contributed by atoms with Gasteiger partial charge in [0.1, 0.15) is 17.4 Å². The summed E-state index contributed by atoms with van der Waals surface area (Å²) in [5, 5.41) is 7.19. The summed E-state index contributed by atoms with van der Waals surface area (Å²) in [5.74, 6) is -0.595. The van der Waals surface area contributed by atoms with Crippen molar-refractivity contribution in [3.63, 3.8) is 0 Å². The van der Waals surface area contributed by atoms with Gasteiger partial charge in [0.15, 0.2) is 0 Å². The first-order valence-electron chi connectivity index (χ1n) is 7.82. The van der Waals surface area contributed by atoms with Crippen LogP contribution in [-0.2, 0) is 4.74 Å². The number of hydrogen-bond donors (Lipinski definition) is 2. The fourth-order valence-electron chi connectivity index (χ4n) is 3.67. The predicted molar refractivity (Wildman–Crippen MR) is 83.4 cm³/mol. The smallest absolute Gasteiger partial charge is 0.341 e. The number of carbonyl (C=O) groups is 2. The summed E-state index contributed by atoms with van der Waals surface area (Å²) in [6.07, 6.45) is 4.65. The van der Waals surface area contributed by atoms with Crippen molar-refractivity contribution in [3.05, 3.63) is 35.6 Å². The van der Waals surface area contributed by atoms with Crippen molar-refractivity contribution in [3.8, 4) is 0 Å². The molecule has 0 saturated carbocycles. The highest BCUT2D eigenvalue weighted by Gasteiger charge is 2.39. The van der Waals surface area contributed by atoms with Gasteiger partial charge in [-0.05, 0) is 37.5 Å². The minimum absolute atomic E-state index is 0.122. The molecule has 1 amide bonds. The molecule has 4 rings (SSSR count). The Balaban J connectivity index is 1.58. The number of ether oxygens (including phenoxy) is 1. The maximum Gasteiger partial charge on any atom is 0.341 e. The highest BCUT2D eigenvalue weighted by Crippen LogP contribution is 2.29. The third kappa shape index (κ3) is 2.39. The molecule has 0 radical (unpaired) electrons. The molecular formula is C17H18N2O4. The normalized spacial score (nSPS) is 25.7. The maximum absolute atomic E-state index is 12.5. The second-order valence-electron chi connectivity index (χ2n) is 6.21. The Kier molecular flexibility index (Phi) is 3.34. The molecule has 1 aromatic carbocycles. The molecule has 2 aliphatic rings. The molecule has 2 saturated heterocycles. The fraction of sp³-hybridized carbons (Fsp3) is 0.412. The van der Waals surface area contributed by atoms with Gasteiger partial charge in [-0.3, -0.25) is 4.79 Å². The summed E-state index contributed by atoms with van der Waals surface area (Å²) in [4.78, 5) is 24.3. The molecule has 2 aromatic rings. The first kappa shape index (κ1) is 14.3. The number of furan rings is 1. The highest BCUT2D eigenvalue weighted by molar-refractivity contribution is 6.06. The minimum atomic E-state index is -0.474. The molecule has 2 fully saturated rings. The van der Waals surface area contributed by atoms with Crippen LogP contribution in [0.1, 0.15) is 40.0 Å². The van der Waals surface area contributed by atoms with Crippen molar-refractivity contribution < 1.29 is 18.7 Å². The van der Waals surface area contributed by atoms with Gasteiger partial charge in [-0.15, -0.1) is 0 Å². The molecule has 2 aliphatic heterocycles. The Morgan fingerprint density at radius 1 is 1.35 bits per heavy atom. The van der Waals surface area contributed by atoms with Crippen LogP contribution in [0.15, 0.2) is 28.9 Å². The lowest BCUT2D eigenvalue weighted by molar-refractivity contribution is 0.0601. The summed E-state index contributed by atoms with van der Waals surface area (Å²) in [5.41, 5.74) is 1.41. The molecule has 1 aromatic heterocycles. The van der Waals surface area contributed by atoms with Crippen LogP contribution in [0.5, 0.6) is 0 Å². The molecule has 3 heterocycles. The van der Waals surface area contributed by atoms with E-state index in [2.05, 4.69) is 10.6 Å². The van der Waals surface area contributed by atoms with Gasteiger partial charge < -0.3 is 19.8 Å². The average Bonchev–Trinajstić information content (AvgIpc) is 3.28. The van der Waals surface area contributed by atoms with E-state index in [1.807, 2.05) is 0 Å². The number of carbonyl (C=O) groups excluding carboxylic acids is 2. The fourth-order valence-corrected chi connectivity index (χ4v) is 3.67. The molecule has 0 aliphatic carbocycles. The van der Waals surface area contributed by atoms with Gasteiger partial charge in [0.2, 0.25) is 0 Å². The van der Waals surface area contributed by atoms with Crippen LogP contribution in [-0.4, -0.2) is 37.1 Å². The number of rotatable bonds is 3. The number of amides is 1. The number of fused-ring (bicyclic) bond motifs is 3. The quantitative estimate of drug-likeness (QED) is 0.845. The molecule has 0 spiro atoms. The van der Waals surface area contributed by atoms with Crippen LogP contribution in [0.3, 0.4) is 0 Å². The number of hydrogen-bond acceptors (Lipinski definition) is 5. The van der Waals surface area contributed by atoms with Crippen LogP contribution in [0.4, 0.5) is 0 Å². The van der Waals surface area contributed by atoms with Crippen LogP contribution in [0.2, 0.25) is 0 Å². The molecular weight excluding hydrogens is 296 g/mol. The summed E-state index contributed by atoms with van der Waals surface area (Å²) >= 11 is 0. The third-order valence-electron chi connectivity index (χ3n) is 4.86. The van der Waals surface area contributed by atoms with E-state index in [9.17, 15) is 9.59 Å². The Morgan fingerprint density at radius 3 is 2.91 bits per heavy atom. The molecule has 23 heavy (non-hydrogen) atoms.